The van der Waals surface area contributed by atoms with Crippen molar-refractivity contribution in [3.05, 3.63) is 35.0 Å². The SMILES string of the molecule is O=C1Nc2cccc3c2N(CCC3)C2=C1CCC2. The third-order valence-electron chi connectivity index (χ3n) is 4.25. The fraction of sp³-hybridized carbons (Fsp3) is 0.400. The Bertz CT molecular complexity index is 574. The number of carbonyl (C=O) groups is 1. The van der Waals surface area contributed by atoms with Crippen molar-refractivity contribution >= 4 is 17.3 Å². The highest BCUT2D eigenvalue weighted by atomic mass is 16.1. The largest absolute Gasteiger partial charge is 0.343 e. The lowest BCUT2D eigenvalue weighted by Gasteiger charge is -2.33. The van der Waals surface area contributed by atoms with Gasteiger partial charge in [0.1, 0.15) is 0 Å². The summed E-state index contributed by atoms with van der Waals surface area (Å²) in [6.07, 6.45) is 5.41. The van der Waals surface area contributed by atoms with Gasteiger partial charge in [0.2, 0.25) is 0 Å². The average Bonchev–Trinajstić information content (AvgIpc) is 2.83. The van der Waals surface area contributed by atoms with E-state index >= 15 is 0 Å². The van der Waals surface area contributed by atoms with Crippen LogP contribution in [0.3, 0.4) is 0 Å². The maximum atomic E-state index is 12.3. The van der Waals surface area contributed by atoms with E-state index in [2.05, 4.69) is 16.3 Å². The molecule has 1 N–H and O–H groups in total. The Labute approximate surface area is 106 Å². The Hall–Kier alpha value is -1.77. The second-order valence-electron chi connectivity index (χ2n) is 5.30. The van der Waals surface area contributed by atoms with Gasteiger partial charge in [-0.2, -0.15) is 0 Å². The summed E-state index contributed by atoms with van der Waals surface area (Å²) in [7, 11) is 0. The van der Waals surface area contributed by atoms with Crippen LogP contribution in [0.25, 0.3) is 0 Å². The van der Waals surface area contributed by atoms with Crippen LogP contribution in [-0.2, 0) is 11.2 Å². The zero-order valence-corrected chi connectivity index (χ0v) is 10.3. The van der Waals surface area contributed by atoms with Crippen LogP contribution in [0.5, 0.6) is 0 Å². The van der Waals surface area contributed by atoms with Crippen LogP contribution in [0.4, 0.5) is 11.4 Å². The summed E-state index contributed by atoms with van der Waals surface area (Å²) in [5, 5.41) is 3.09. The van der Waals surface area contributed by atoms with Crippen LogP contribution >= 0.6 is 0 Å². The van der Waals surface area contributed by atoms with Crippen molar-refractivity contribution in [2.45, 2.75) is 32.1 Å². The molecule has 0 radical (unpaired) electrons. The van der Waals surface area contributed by atoms with Crippen LogP contribution < -0.4 is 10.2 Å². The van der Waals surface area contributed by atoms with Gasteiger partial charge in [-0.3, -0.25) is 4.79 Å². The molecule has 0 fully saturated rings. The van der Waals surface area contributed by atoms with Gasteiger partial charge >= 0.3 is 0 Å². The monoisotopic (exact) mass is 240 g/mol. The van der Waals surface area contributed by atoms with Gasteiger partial charge in [0, 0.05) is 17.8 Å². The van der Waals surface area contributed by atoms with Gasteiger partial charge < -0.3 is 10.2 Å². The molecule has 0 saturated carbocycles. The topological polar surface area (TPSA) is 32.3 Å². The molecule has 0 unspecified atom stereocenters. The average molecular weight is 240 g/mol. The predicted molar refractivity (Wildman–Crippen MR) is 71.6 cm³/mol. The van der Waals surface area contributed by atoms with Crippen molar-refractivity contribution in [3.63, 3.8) is 0 Å². The summed E-state index contributed by atoms with van der Waals surface area (Å²) in [4.78, 5) is 14.7. The van der Waals surface area contributed by atoms with E-state index in [0.29, 0.717) is 0 Å². The third-order valence-corrected chi connectivity index (χ3v) is 4.25. The Balaban J connectivity index is 1.97. The molecule has 3 aliphatic rings. The molecule has 0 aromatic heterocycles. The number of benzene rings is 1. The summed E-state index contributed by atoms with van der Waals surface area (Å²) >= 11 is 0. The van der Waals surface area contributed by atoms with Gasteiger partial charge in [-0.15, -0.1) is 0 Å². The number of hydrogen-bond acceptors (Lipinski definition) is 2. The second-order valence-corrected chi connectivity index (χ2v) is 5.30. The molecular weight excluding hydrogens is 224 g/mol. The summed E-state index contributed by atoms with van der Waals surface area (Å²) in [5.41, 5.74) is 5.91. The van der Waals surface area contributed by atoms with Gasteiger partial charge in [-0.1, -0.05) is 12.1 Å². The number of fused-ring (bicyclic) bond motifs is 1. The molecule has 1 aromatic carbocycles. The minimum atomic E-state index is 0.116. The summed E-state index contributed by atoms with van der Waals surface area (Å²) in [5.74, 6) is 0.116. The van der Waals surface area contributed by atoms with E-state index in [1.165, 1.54) is 23.4 Å². The lowest BCUT2D eigenvalue weighted by atomic mass is 9.99. The van der Waals surface area contributed by atoms with Crippen molar-refractivity contribution in [2.75, 3.05) is 16.8 Å². The molecule has 0 saturated heterocycles. The number of allylic oxidation sites excluding steroid dienone is 1. The van der Waals surface area contributed by atoms with Gasteiger partial charge in [-0.25, -0.2) is 0 Å². The van der Waals surface area contributed by atoms with Gasteiger partial charge in [0.25, 0.3) is 5.91 Å². The molecule has 0 spiro atoms. The van der Waals surface area contributed by atoms with Gasteiger partial charge in [-0.05, 0) is 43.7 Å². The Morgan fingerprint density at radius 3 is 3.00 bits per heavy atom. The highest BCUT2D eigenvalue weighted by molar-refractivity contribution is 6.08. The number of rotatable bonds is 0. The molecule has 3 heteroatoms. The second kappa shape index (κ2) is 3.61. The highest BCUT2D eigenvalue weighted by Gasteiger charge is 2.33. The number of anilines is 2. The lowest BCUT2D eigenvalue weighted by Crippen LogP contribution is -2.28. The van der Waals surface area contributed by atoms with Crippen LogP contribution in [-0.4, -0.2) is 12.5 Å². The number of amides is 1. The summed E-state index contributed by atoms with van der Waals surface area (Å²) in [6, 6.07) is 6.27. The lowest BCUT2D eigenvalue weighted by molar-refractivity contribution is -0.112. The van der Waals surface area contributed by atoms with E-state index in [1.807, 2.05) is 12.1 Å². The first-order chi connectivity index (χ1) is 8.84. The fourth-order valence-electron chi connectivity index (χ4n) is 3.49. The first kappa shape index (κ1) is 10.2. The maximum absolute atomic E-state index is 12.3. The summed E-state index contributed by atoms with van der Waals surface area (Å²) in [6.45, 7) is 1.05. The smallest absolute Gasteiger partial charge is 0.253 e. The molecule has 1 aliphatic carbocycles. The van der Waals surface area contributed by atoms with Crippen molar-refractivity contribution in [3.8, 4) is 0 Å². The molecular formula is C15H16N2O. The number of para-hydroxylation sites is 1. The molecule has 0 bridgehead atoms. The Kier molecular flexibility index (Phi) is 2.04. The first-order valence-corrected chi connectivity index (χ1v) is 6.77. The number of hydrogen-bond donors (Lipinski definition) is 1. The molecule has 3 nitrogen and oxygen atoms in total. The predicted octanol–water partition coefficient (Wildman–Crippen LogP) is 2.83. The van der Waals surface area contributed by atoms with Crippen LogP contribution in [0.1, 0.15) is 31.2 Å². The zero-order chi connectivity index (χ0) is 12.1. The fourth-order valence-corrected chi connectivity index (χ4v) is 3.49. The van der Waals surface area contributed by atoms with Gasteiger partial charge in [0.05, 0.1) is 11.4 Å². The third kappa shape index (κ3) is 1.27. The Morgan fingerprint density at radius 2 is 2.06 bits per heavy atom. The van der Waals surface area contributed by atoms with Crippen molar-refractivity contribution in [1.29, 1.82) is 0 Å². The molecule has 92 valence electrons. The molecule has 2 heterocycles. The normalized spacial score (nSPS) is 21.3. The quantitative estimate of drug-likeness (QED) is 0.756. The van der Waals surface area contributed by atoms with Gasteiger partial charge in [0.15, 0.2) is 0 Å². The minimum Gasteiger partial charge on any atom is -0.343 e. The molecule has 1 aromatic rings. The van der Waals surface area contributed by atoms with Crippen LogP contribution in [0, 0.1) is 0 Å². The van der Waals surface area contributed by atoms with E-state index in [9.17, 15) is 4.79 Å². The van der Waals surface area contributed by atoms with E-state index in [0.717, 1.165) is 43.5 Å². The number of carbonyl (C=O) groups excluding carboxylic acids is 1. The van der Waals surface area contributed by atoms with Crippen LogP contribution in [0.15, 0.2) is 29.5 Å². The van der Waals surface area contributed by atoms with Crippen molar-refractivity contribution < 1.29 is 4.79 Å². The molecule has 1 amide bonds. The first-order valence-electron chi connectivity index (χ1n) is 6.77. The molecule has 4 rings (SSSR count). The van der Waals surface area contributed by atoms with E-state index < -0.39 is 0 Å². The highest BCUT2D eigenvalue weighted by Crippen LogP contribution is 2.43. The molecule has 18 heavy (non-hydrogen) atoms. The summed E-state index contributed by atoms with van der Waals surface area (Å²) < 4.78 is 0. The number of aryl methyl sites for hydroxylation is 1. The van der Waals surface area contributed by atoms with Crippen LogP contribution in [0.2, 0.25) is 0 Å². The Morgan fingerprint density at radius 1 is 1.11 bits per heavy atom. The number of nitrogens with one attached hydrogen (secondary N) is 1. The van der Waals surface area contributed by atoms with Crippen molar-refractivity contribution in [2.24, 2.45) is 0 Å². The zero-order valence-electron chi connectivity index (χ0n) is 10.3. The minimum absolute atomic E-state index is 0.116. The van der Waals surface area contributed by atoms with Crippen molar-refractivity contribution in [1.82, 2.24) is 0 Å². The number of nitrogens with zero attached hydrogens (tertiary/aromatic N) is 1. The van der Waals surface area contributed by atoms with E-state index in [-0.39, 0.29) is 5.91 Å². The van der Waals surface area contributed by atoms with E-state index in [1.54, 1.807) is 0 Å². The maximum Gasteiger partial charge on any atom is 0.253 e. The van der Waals surface area contributed by atoms with E-state index in [4.69, 9.17) is 0 Å². The molecule has 0 atom stereocenters. The standard InChI is InChI=1S/C15H16N2O/c18-15-11-6-2-8-13(11)17-9-3-5-10-4-1-7-12(16-15)14(10)17/h1,4,7H,2-3,5-6,8-9H2,(H,16,18). The molecule has 2 aliphatic heterocycles.